The number of aromatic carboxylic acids is 1. The Kier molecular flexibility index (Phi) is 2.10. The molecular formula is C7H4ClFO2. The predicted octanol–water partition coefficient (Wildman–Crippen LogP) is 2.18. The van der Waals surface area contributed by atoms with E-state index < -0.39 is 11.8 Å². The second-order valence-electron chi connectivity index (χ2n) is 1.96. The van der Waals surface area contributed by atoms with E-state index in [9.17, 15) is 9.18 Å². The van der Waals surface area contributed by atoms with Crippen molar-refractivity contribution in [2.75, 3.05) is 0 Å². The van der Waals surface area contributed by atoms with Gasteiger partial charge in [0.05, 0.1) is 5.56 Å². The first-order valence-corrected chi connectivity index (χ1v) is 3.17. The zero-order valence-corrected chi connectivity index (χ0v) is 6.10. The molecule has 0 aromatic heterocycles. The smallest absolute Gasteiger partial charge is 0.335 e. The Morgan fingerprint density at radius 2 is 2.09 bits per heavy atom. The standard InChI is InChI=1S/C7H4ClFO2/c8-5-1-4(7(10)11)2-6(9)3-5/h1-3H,(H,10,11). The third kappa shape index (κ3) is 1.91. The number of hydrogen-bond acceptors (Lipinski definition) is 1. The number of carbonyl (C=O) groups is 1. The van der Waals surface area contributed by atoms with Gasteiger partial charge in [0.25, 0.3) is 0 Å². The van der Waals surface area contributed by atoms with E-state index in [0.29, 0.717) is 0 Å². The molecule has 0 unspecified atom stereocenters. The summed E-state index contributed by atoms with van der Waals surface area (Å²) in [6, 6.07) is 3.15. The average Bonchev–Trinajstić information content (AvgIpc) is 1.85. The number of carboxylic acid groups (broad SMARTS) is 1. The Morgan fingerprint density at radius 1 is 1.45 bits per heavy atom. The monoisotopic (exact) mass is 174 g/mol. The molecule has 0 radical (unpaired) electrons. The minimum Gasteiger partial charge on any atom is -0.478 e. The summed E-state index contributed by atoms with van der Waals surface area (Å²) in [4.78, 5) is 10.3. The van der Waals surface area contributed by atoms with Crippen molar-refractivity contribution in [3.63, 3.8) is 0 Å². The van der Waals surface area contributed by atoms with E-state index in [0.717, 1.165) is 12.1 Å². The highest BCUT2D eigenvalue weighted by atomic mass is 35.5. The summed E-state index contributed by atoms with van der Waals surface area (Å²) >= 11 is 5.39. The van der Waals surface area contributed by atoms with Crippen LogP contribution in [0.4, 0.5) is 4.39 Å². The molecule has 0 amide bonds. The molecule has 11 heavy (non-hydrogen) atoms. The molecule has 0 saturated heterocycles. The molecule has 0 aliphatic carbocycles. The van der Waals surface area contributed by atoms with Gasteiger partial charge in [-0.15, -0.1) is 0 Å². The molecule has 1 aromatic rings. The third-order valence-electron chi connectivity index (χ3n) is 1.11. The summed E-state index contributed by atoms with van der Waals surface area (Å²) in [5, 5.41) is 8.49. The Bertz CT molecular complexity index is 278. The zero-order chi connectivity index (χ0) is 8.43. The van der Waals surface area contributed by atoms with Crippen LogP contribution in [0.3, 0.4) is 0 Å². The highest BCUT2D eigenvalue weighted by molar-refractivity contribution is 6.30. The van der Waals surface area contributed by atoms with E-state index in [-0.39, 0.29) is 10.6 Å². The van der Waals surface area contributed by atoms with Crippen molar-refractivity contribution in [2.24, 2.45) is 0 Å². The van der Waals surface area contributed by atoms with E-state index in [1.165, 1.54) is 6.07 Å². The van der Waals surface area contributed by atoms with E-state index in [1.54, 1.807) is 0 Å². The summed E-state index contributed by atoms with van der Waals surface area (Å²) in [6.45, 7) is 0. The lowest BCUT2D eigenvalue weighted by Crippen LogP contribution is -1.96. The first-order valence-electron chi connectivity index (χ1n) is 2.79. The molecular weight excluding hydrogens is 171 g/mol. The fourth-order valence-electron chi connectivity index (χ4n) is 0.677. The predicted molar refractivity (Wildman–Crippen MR) is 38.4 cm³/mol. The maximum Gasteiger partial charge on any atom is 0.335 e. The molecule has 1 aromatic carbocycles. The highest BCUT2D eigenvalue weighted by Gasteiger charge is 2.04. The van der Waals surface area contributed by atoms with Gasteiger partial charge in [0, 0.05) is 5.02 Å². The van der Waals surface area contributed by atoms with Crippen LogP contribution >= 0.6 is 11.6 Å². The maximum absolute atomic E-state index is 12.4. The molecule has 0 atom stereocenters. The van der Waals surface area contributed by atoms with Crippen LogP contribution in [-0.2, 0) is 0 Å². The van der Waals surface area contributed by atoms with Crippen LogP contribution < -0.4 is 0 Å². The number of hydrogen-bond donors (Lipinski definition) is 1. The second kappa shape index (κ2) is 2.88. The molecule has 0 fully saturated rings. The normalized spacial score (nSPS) is 9.64. The lowest BCUT2D eigenvalue weighted by molar-refractivity contribution is 0.0696. The molecule has 4 heteroatoms. The topological polar surface area (TPSA) is 37.3 Å². The lowest BCUT2D eigenvalue weighted by Gasteiger charge is -1.94. The summed E-state index contributed by atoms with van der Waals surface area (Å²) in [5.41, 5.74) is -0.144. The van der Waals surface area contributed by atoms with Crippen molar-refractivity contribution in [3.8, 4) is 0 Å². The second-order valence-corrected chi connectivity index (χ2v) is 2.40. The molecule has 0 aliphatic heterocycles. The summed E-state index contributed by atoms with van der Waals surface area (Å²) in [7, 11) is 0. The van der Waals surface area contributed by atoms with Crippen molar-refractivity contribution in [2.45, 2.75) is 0 Å². The summed E-state index contributed by atoms with van der Waals surface area (Å²) < 4.78 is 12.4. The largest absolute Gasteiger partial charge is 0.478 e. The number of halogens is 2. The summed E-state index contributed by atoms with van der Waals surface area (Å²) in [5.74, 6) is -1.83. The molecule has 0 spiro atoms. The van der Waals surface area contributed by atoms with Gasteiger partial charge in [0.2, 0.25) is 0 Å². The Morgan fingerprint density at radius 3 is 2.55 bits per heavy atom. The van der Waals surface area contributed by atoms with E-state index in [1.807, 2.05) is 0 Å². The molecule has 0 bridgehead atoms. The van der Waals surface area contributed by atoms with Crippen molar-refractivity contribution in [3.05, 3.63) is 34.6 Å². The minimum atomic E-state index is -1.19. The molecule has 58 valence electrons. The fourth-order valence-corrected chi connectivity index (χ4v) is 0.899. The van der Waals surface area contributed by atoms with Crippen LogP contribution in [0.1, 0.15) is 10.4 Å². The number of rotatable bonds is 1. The van der Waals surface area contributed by atoms with Crippen molar-refractivity contribution in [1.82, 2.24) is 0 Å². The first-order chi connectivity index (χ1) is 5.09. The molecule has 0 heterocycles. The SMILES string of the molecule is O=C(O)c1cc(F)cc(Cl)c1. The molecule has 0 aliphatic rings. The van der Waals surface area contributed by atoms with Gasteiger partial charge in [-0.2, -0.15) is 0 Å². The van der Waals surface area contributed by atoms with Gasteiger partial charge in [-0.05, 0) is 18.2 Å². The van der Waals surface area contributed by atoms with Gasteiger partial charge in [0.15, 0.2) is 0 Å². The van der Waals surface area contributed by atoms with E-state index >= 15 is 0 Å². The van der Waals surface area contributed by atoms with Crippen LogP contribution in [0.25, 0.3) is 0 Å². The molecule has 1 rings (SSSR count). The lowest BCUT2D eigenvalue weighted by atomic mass is 10.2. The first kappa shape index (κ1) is 8.01. The van der Waals surface area contributed by atoms with Crippen LogP contribution in [0.2, 0.25) is 5.02 Å². The van der Waals surface area contributed by atoms with Gasteiger partial charge in [0.1, 0.15) is 5.82 Å². The highest BCUT2D eigenvalue weighted by Crippen LogP contribution is 2.13. The van der Waals surface area contributed by atoms with Crippen LogP contribution in [0.5, 0.6) is 0 Å². The minimum absolute atomic E-state index is 0.0856. The molecule has 1 N–H and O–H groups in total. The zero-order valence-electron chi connectivity index (χ0n) is 5.34. The van der Waals surface area contributed by atoms with E-state index in [4.69, 9.17) is 16.7 Å². The van der Waals surface area contributed by atoms with E-state index in [2.05, 4.69) is 0 Å². The Labute approximate surface area is 67.2 Å². The van der Waals surface area contributed by atoms with Crippen molar-refractivity contribution in [1.29, 1.82) is 0 Å². The number of benzene rings is 1. The van der Waals surface area contributed by atoms with Crippen LogP contribution in [-0.4, -0.2) is 11.1 Å². The quantitative estimate of drug-likeness (QED) is 0.709. The Hall–Kier alpha value is -1.09. The molecule has 0 saturated carbocycles. The van der Waals surface area contributed by atoms with Crippen LogP contribution in [0, 0.1) is 5.82 Å². The maximum atomic E-state index is 12.4. The van der Waals surface area contributed by atoms with Crippen molar-refractivity contribution >= 4 is 17.6 Å². The molecule has 2 nitrogen and oxygen atoms in total. The van der Waals surface area contributed by atoms with Crippen LogP contribution in [0.15, 0.2) is 18.2 Å². The van der Waals surface area contributed by atoms with Gasteiger partial charge in [-0.1, -0.05) is 11.6 Å². The van der Waals surface area contributed by atoms with Crippen molar-refractivity contribution < 1.29 is 14.3 Å². The fraction of sp³-hybridized carbons (Fsp3) is 0. The van der Waals surface area contributed by atoms with Gasteiger partial charge in [-0.25, -0.2) is 9.18 Å². The van der Waals surface area contributed by atoms with Gasteiger partial charge < -0.3 is 5.11 Å². The average molecular weight is 175 g/mol. The third-order valence-corrected chi connectivity index (χ3v) is 1.33. The van der Waals surface area contributed by atoms with Gasteiger partial charge in [-0.3, -0.25) is 0 Å². The Balaban J connectivity index is 3.19. The van der Waals surface area contributed by atoms with Gasteiger partial charge >= 0.3 is 5.97 Å². The summed E-state index contributed by atoms with van der Waals surface area (Å²) in [6.07, 6.45) is 0. The number of carboxylic acids is 1.